The van der Waals surface area contributed by atoms with Crippen LogP contribution < -0.4 is 9.47 Å². The molecule has 2 aromatic carbocycles. The minimum atomic E-state index is -0.470. The van der Waals surface area contributed by atoms with Crippen molar-refractivity contribution in [2.45, 2.75) is 31.2 Å². The molecular weight excluding hydrogens is 333 g/mol. The van der Waals surface area contributed by atoms with E-state index in [4.69, 9.17) is 9.47 Å². The Morgan fingerprint density at radius 2 is 1.65 bits per heavy atom. The van der Waals surface area contributed by atoms with E-state index in [0.29, 0.717) is 18.8 Å². The van der Waals surface area contributed by atoms with E-state index in [0.717, 1.165) is 36.1 Å². The molecular formula is C21H22FNO3. The summed E-state index contributed by atoms with van der Waals surface area (Å²) in [5, 5.41) is 0. The molecule has 1 heterocycles. The topological polar surface area (TPSA) is 38.8 Å². The average Bonchev–Trinajstić information content (AvgIpc) is 3.48. The number of halogens is 1. The van der Waals surface area contributed by atoms with Gasteiger partial charge >= 0.3 is 0 Å². The molecule has 0 atom stereocenters. The molecule has 4 nitrogen and oxygen atoms in total. The van der Waals surface area contributed by atoms with E-state index in [-0.39, 0.29) is 11.7 Å². The van der Waals surface area contributed by atoms with Gasteiger partial charge in [-0.2, -0.15) is 0 Å². The lowest BCUT2D eigenvalue weighted by atomic mass is 9.92. The molecule has 0 aromatic heterocycles. The zero-order chi connectivity index (χ0) is 18.3. The lowest BCUT2D eigenvalue weighted by Crippen LogP contribution is -2.42. The molecule has 0 N–H and O–H groups in total. The van der Waals surface area contributed by atoms with Crippen LogP contribution >= 0.6 is 0 Å². The number of hydrogen-bond donors (Lipinski definition) is 0. The first-order chi connectivity index (χ1) is 12.6. The summed E-state index contributed by atoms with van der Waals surface area (Å²) < 4.78 is 24.0. The zero-order valence-electron chi connectivity index (χ0n) is 15.0. The molecule has 0 spiro atoms. The molecule has 1 aliphatic heterocycles. The summed E-state index contributed by atoms with van der Waals surface area (Å²) >= 11 is 0. The van der Waals surface area contributed by atoms with Crippen LogP contribution in [0.5, 0.6) is 11.5 Å². The van der Waals surface area contributed by atoms with Crippen LogP contribution in [-0.2, 0) is 23.2 Å². The maximum Gasteiger partial charge on any atom is 0.233 e. The van der Waals surface area contributed by atoms with E-state index in [1.165, 1.54) is 17.7 Å². The monoisotopic (exact) mass is 355 g/mol. The van der Waals surface area contributed by atoms with Crippen LogP contribution in [0.25, 0.3) is 0 Å². The number of carbonyl (C=O) groups is 1. The van der Waals surface area contributed by atoms with E-state index in [1.54, 1.807) is 26.4 Å². The van der Waals surface area contributed by atoms with E-state index in [2.05, 4.69) is 0 Å². The number of methoxy groups -OCH3 is 2. The van der Waals surface area contributed by atoms with Gasteiger partial charge in [-0.3, -0.25) is 4.79 Å². The Bertz CT molecular complexity index is 843. The molecule has 2 aromatic rings. The van der Waals surface area contributed by atoms with E-state index in [9.17, 15) is 9.18 Å². The van der Waals surface area contributed by atoms with E-state index < -0.39 is 5.41 Å². The fraction of sp³-hybridized carbons (Fsp3) is 0.381. The van der Waals surface area contributed by atoms with Gasteiger partial charge in [-0.05, 0) is 60.2 Å². The zero-order valence-corrected chi connectivity index (χ0v) is 15.0. The number of fused-ring (bicyclic) bond motifs is 1. The Morgan fingerprint density at radius 1 is 1.04 bits per heavy atom. The largest absolute Gasteiger partial charge is 0.493 e. The fourth-order valence-electron chi connectivity index (χ4n) is 3.88. The molecule has 136 valence electrons. The second-order valence-corrected chi connectivity index (χ2v) is 7.04. The number of amides is 1. The maximum absolute atomic E-state index is 13.2. The smallest absolute Gasteiger partial charge is 0.233 e. The predicted molar refractivity (Wildman–Crippen MR) is 96.0 cm³/mol. The quantitative estimate of drug-likeness (QED) is 0.843. The maximum atomic E-state index is 13.2. The predicted octanol–water partition coefficient (Wildman–Crippen LogP) is 3.46. The number of benzene rings is 2. The molecule has 1 amide bonds. The summed E-state index contributed by atoms with van der Waals surface area (Å²) in [6.07, 6.45) is 2.44. The van der Waals surface area contributed by atoms with Crippen LogP contribution in [0.1, 0.15) is 29.5 Å². The molecule has 4 rings (SSSR count). The van der Waals surface area contributed by atoms with Crippen molar-refractivity contribution in [3.8, 4) is 11.5 Å². The number of ether oxygens (including phenoxy) is 2. The Morgan fingerprint density at radius 3 is 2.23 bits per heavy atom. The van der Waals surface area contributed by atoms with E-state index in [1.807, 2.05) is 17.0 Å². The third kappa shape index (κ3) is 2.71. The Hall–Kier alpha value is -2.56. The Balaban J connectivity index is 1.59. The van der Waals surface area contributed by atoms with Crippen LogP contribution in [0.4, 0.5) is 4.39 Å². The van der Waals surface area contributed by atoms with Gasteiger partial charge in [0.05, 0.1) is 19.6 Å². The number of rotatable bonds is 4. The van der Waals surface area contributed by atoms with Crippen LogP contribution in [-0.4, -0.2) is 31.6 Å². The Kier molecular flexibility index (Phi) is 4.10. The molecule has 5 heteroatoms. The summed E-state index contributed by atoms with van der Waals surface area (Å²) in [4.78, 5) is 15.2. The molecule has 0 radical (unpaired) electrons. The highest BCUT2D eigenvalue weighted by Gasteiger charge is 2.53. The van der Waals surface area contributed by atoms with Gasteiger partial charge in [-0.25, -0.2) is 4.39 Å². The van der Waals surface area contributed by atoms with Gasteiger partial charge in [0.15, 0.2) is 11.5 Å². The summed E-state index contributed by atoms with van der Waals surface area (Å²) in [6, 6.07) is 10.3. The second-order valence-electron chi connectivity index (χ2n) is 7.04. The number of hydrogen-bond acceptors (Lipinski definition) is 3. The van der Waals surface area contributed by atoms with E-state index >= 15 is 0 Å². The summed E-state index contributed by atoms with van der Waals surface area (Å²) in [5.74, 6) is 1.27. The SMILES string of the molecule is COc1cc2c(cc1OC)CN(C(=O)C1(c3ccc(F)cc3)CC1)CC2. The lowest BCUT2D eigenvalue weighted by Gasteiger charge is -2.32. The van der Waals surface area contributed by atoms with Crippen LogP contribution in [0.2, 0.25) is 0 Å². The minimum absolute atomic E-state index is 0.143. The molecule has 0 unspecified atom stereocenters. The van der Waals surface area contributed by atoms with Gasteiger partial charge in [0, 0.05) is 13.1 Å². The lowest BCUT2D eigenvalue weighted by molar-refractivity contribution is -0.134. The van der Waals surface area contributed by atoms with Crippen molar-refractivity contribution in [1.82, 2.24) is 4.90 Å². The summed E-state index contributed by atoms with van der Waals surface area (Å²) in [7, 11) is 3.24. The summed E-state index contributed by atoms with van der Waals surface area (Å²) in [6.45, 7) is 1.25. The average molecular weight is 355 g/mol. The fourth-order valence-corrected chi connectivity index (χ4v) is 3.88. The van der Waals surface area contributed by atoms with Crippen molar-refractivity contribution in [1.29, 1.82) is 0 Å². The minimum Gasteiger partial charge on any atom is -0.493 e. The molecule has 0 saturated heterocycles. The molecule has 0 bridgehead atoms. The molecule has 1 fully saturated rings. The number of carbonyl (C=O) groups excluding carboxylic acids is 1. The van der Waals surface area contributed by atoms with Crippen LogP contribution in [0.3, 0.4) is 0 Å². The van der Waals surface area contributed by atoms with Crippen LogP contribution in [0, 0.1) is 5.82 Å². The standard InChI is InChI=1S/C21H22FNO3/c1-25-18-11-14-7-10-23(13-15(14)12-19(18)26-2)20(24)21(8-9-21)16-3-5-17(22)6-4-16/h3-6,11-12H,7-10,13H2,1-2H3. The van der Waals surface area contributed by atoms with Crippen molar-refractivity contribution in [3.63, 3.8) is 0 Å². The summed E-state index contributed by atoms with van der Waals surface area (Å²) in [5.41, 5.74) is 2.74. The first-order valence-electron chi connectivity index (χ1n) is 8.86. The van der Waals surface area contributed by atoms with Gasteiger partial charge in [0.2, 0.25) is 5.91 Å². The molecule has 26 heavy (non-hydrogen) atoms. The third-order valence-electron chi connectivity index (χ3n) is 5.56. The highest BCUT2D eigenvalue weighted by atomic mass is 19.1. The normalized spacial score (nSPS) is 17.4. The van der Waals surface area contributed by atoms with Gasteiger partial charge < -0.3 is 14.4 Å². The van der Waals surface area contributed by atoms with Crippen molar-refractivity contribution >= 4 is 5.91 Å². The van der Waals surface area contributed by atoms with Gasteiger partial charge in [0.25, 0.3) is 0 Å². The first kappa shape index (κ1) is 16.9. The third-order valence-corrected chi connectivity index (χ3v) is 5.56. The molecule has 2 aliphatic rings. The number of nitrogens with zero attached hydrogens (tertiary/aromatic N) is 1. The van der Waals surface area contributed by atoms with Crippen molar-refractivity contribution in [2.24, 2.45) is 0 Å². The van der Waals surface area contributed by atoms with Gasteiger partial charge in [-0.1, -0.05) is 12.1 Å². The van der Waals surface area contributed by atoms with Crippen LogP contribution in [0.15, 0.2) is 36.4 Å². The highest BCUT2D eigenvalue weighted by Crippen LogP contribution is 2.50. The highest BCUT2D eigenvalue weighted by molar-refractivity contribution is 5.91. The first-order valence-corrected chi connectivity index (χ1v) is 8.86. The van der Waals surface area contributed by atoms with Crippen molar-refractivity contribution in [2.75, 3.05) is 20.8 Å². The Labute approximate surface area is 152 Å². The molecule has 1 saturated carbocycles. The molecule has 1 aliphatic carbocycles. The van der Waals surface area contributed by atoms with Crippen molar-refractivity contribution < 1.29 is 18.7 Å². The van der Waals surface area contributed by atoms with Gasteiger partial charge in [0.1, 0.15) is 5.82 Å². The second kappa shape index (κ2) is 6.31. The van der Waals surface area contributed by atoms with Crippen molar-refractivity contribution in [3.05, 3.63) is 58.9 Å². The van der Waals surface area contributed by atoms with Gasteiger partial charge in [-0.15, -0.1) is 0 Å².